The van der Waals surface area contributed by atoms with Gasteiger partial charge in [0.05, 0.1) is 19.8 Å². The second-order valence-electron chi connectivity index (χ2n) is 8.50. The number of hydrogen-bond acceptors (Lipinski definition) is 5. The molecule has 8 nitrogen and oxygen atoms in total. The minimum atomic E-state index is -0.393. The van der Waals surface area contributed by atoms with Crippen LogP contribution in [0.15, 0.2) is 79.1 Å². The predicted octanol–water partition coefficient (Wildman–Crippen LogP) is 2.44. The van der Waals surface area contributed by atoms with E-state index >= 15 is 0 Å². The average molecular weight is 476 g/mol. The van der Waals surface area contributed by atoms with E-state index in [1.165, 1.54) is 23.4 Å². The molecule has 0 radical (unpaired) electrons. The lowest BCUT2D eigenvalue weighted by molar-refractivity contribution is -0.605. The third-order valence-corrected chi connectivity index (χ3v) is 5.97. The number of carbonyl (C=O) groups is 2. The number of amides is 2. The number of rotatable bonds is 8. The van der Waals surface area contributed by atoms with Crippen LogP contribution in [0.1, 0.15) is 21.5 Å². The monoisotopic (exact) mass is 475 g/mol. The lowest BCUT2D eigenvalue weighted by Gasteiger charge is -2.25. The van der Waals surface area contributed by atoms with Gasteiger partial charge in [0, 0.05) is 25.7 Å². The molecule has 1 saturated heterocycles. The molecule has 1 aromatic heterocycles. The standard InChI is InChI=1S/C27H29N3O5/c1-34-24-11-5-9-22(15-24)20-35-25-17-28(14-12-21-7-3-2-4-8-21)26(31)19-29(18-25)27(32)23-10-6-13-30(33)16-23/h2-11,13,15-16,25H,12,14,17-20H2,1H3. The van der Waals surface area contributed by atoms with Crippen LogP contribution in [-0.4, -0.2) is 61.0 Å². The zero-order chi connectivity index (χ0) is 24.6. The maximum absolute atomic E-state index is 13.2. The Labute approximate surface area is 204 Å². The summed E-state index contributed by atoms with van der Waals surface area (Å²) in [6.07, 6.45) is 2.85. The number of nitrogens with zero attached hydrogens (tertiary/aromatic N) is 3. The summed E-state index contributed by atoms with van der Waals surface area (Å²) in [5.74, 6) is 0.217. The first-order valence-electron chi connectivity index (χ1n) is 11.6. The molecule has 2 heterocycles. The minimum absolute atomic E-state index is 0.0691. The van der Waals surface area contributed by atoms with Crippen molar-refractivity contribution in [3.8, 4) is 5.75 Å². The van der Waals surface area contributed by atoms with Crippen molar-refractivity contribution in [2.24, 2.45) is 0 Å². The first kappa shape index (κ1) is 24.2. The number of benzene rings is 2. The Kier molecular flexibility index (Phi) is 7.95. The number of carbonyl (C=O) groups excluding carboxylic acids is 2. The molecule has 182 valence electrons. The zero-order valence-electron chi connectivity index (χ0n) is 19.7. The molecule has 2 amide bonds. The van der Waals surface area contributed by atoms with Gasteiger partial charge in [-0.3, -0.25) is 9.59 Å². The molecule has 1 atom stereocenters. The molecule has 1 aliphatic heterocycles. The van der Waals surface area contributed by atoms with Gasteiger partial charge in [-0.25, -0.2) is 0 Å². The van der Waals surface area contributed by atoms with Crippen LogP contribution in [0.3, 0.4) is 0 Å². The summed E-state index contributed by atoms with van der Waals surface area (Å²) in [5, 5.41) is 11.7. The Hall–Kier alpha value is -3.91. The van der Waals surface area contributed by atoms with Crippen LogP contribution in [0.5, 0.6) is 5.75 Å². The van der Waals surface area contributed by atoms with Gasteiger partial charge in [-0.1, -0.05) is 42.5 Å². The Balaban J connectivity index is 1.51. The molecule has 3 aromatic rings. The normalized spacial score (nSPS) is 16.1. The van der Waals surface area contributed by atoms with Crippen molar-refractivity contribution < 1.29 is 23.8 Å². The van der Waals surface area contributed by atoms with Gasteiger partial charge in [-0.15, -0.1) is 0 Å². The molecular formula is C27H29N3O5. The van der Waals surface area contributed by atoms with E-state index in [4.69, 9.17) is 9.47 Å². The van der Waals surface area contributed by atoms with E-state index in [1.54, 1.807) is 18.1 Å². The maximum Gasteiger partial charge on any atom is 0.260 e. The molecule has 0 N–H and O–H groups in total. The summed E-state index contributed by atoms with van der Waals surface area (Å²) in [5.41, 5.74) is 2.30. The molecule has 35 heavy (non-hydrogen) atoms. The highest BCUT2D eigenvalue weighted by Gasteiger charge is 2.31. The number of aromatic nitrogens is 1. The highest BCUT2D eigenvalue weighted by molar-refractivity contribution is 5.96. The molecule has 1 aliphatic rings. The van der Waals surface area contributed by atoms with Crippen LogP contribution < -0.4 is 9.47 Å². The molecule has 4 rings (SSSR count). The van der Waals surface area contributed by atoms with E-state index < -0.39 is 6.10 Å². The Bertz CT molecular complexity index is 1150. The summed E-state index contributed by atoms with van der Waals surface area (Å²) < 4.78 is 12.1. The van der Waals surface area contributed by atoms with E-state index in [1.807, 2.05) is 54.6 Å². The van der Waals surface area contributed by atoms with Crippen molar-refractivity contribution in [2.75, 3.05) is 33.3 Å². The molecule has 0 aliphatic carbocycles. The Morgan fingerprint density at radius 3 is 2.63 bits per heavy atom. The van der Waals surface area contributed by atoms with Gasteiger partial charge < -0.3 is 24.5 Å². The first-order valence-corrected chi connectivity index (χ1v) is 11.6. The van der Waals surface area contributed by atoms with Gasteiger partial charge >= 0.3 is 0 Å². The summed E-state index contributed by atoms with van der Waals surface area (Å²) in [7, 11) is 1.61. The molecule has 0 saturated carbocycles. The maximum atomic E-state index is 13.2. The van der Waals surface area contributed by atoms with Gasteiger partial charge in [-0.2, -0.15) is 4.73 Å². The van der Waals surface area contributed by atoms with E-state index in [0.717, 1.165) is 16.9 Å². The summed E-state index contributed by atoms with van der Waals surface area (Å²) in [6.45, 7) is 1.38. The lowest BCUT2D eigenvalue weighted by atomic mass is 10.1. The highest BCUT2D eigenvalue weighted by Crippen LogP contribution is 2.17. The van der Waals surface area contributed by atoms with E-state index in [2.05, 4.69) is 0 Å². The van der Waals surface area contributed by atoms with E-state index in [9.17, 15) is 14.8 Å². The van der Waals surface area contributed by atoms with Crippen LogP contribution >= 0.6 is 0 Å². The number of ether oxygens (including phenoxy) is 2. The largest absolute Gasteiger partial charge is 0.619 e. The van der Waals surface area contributed by atoms with Crippen LogP contribution in [0.2, 0.25) is 0 Å². The minimum Gasteiger partial charge on any atom is -0.619 e. The number of methoxy groups -OCH3 is 1. The van der Waals surface area contributed by atoms with Gasteiger partial charge in [0.15, 0.2) is 12.4 Å². The zero-order valence-corrected chi connectivity index (χ0v) is 19.7. The van der Waals surface area contributed by atoms with Crippen LogP contribution in [0.25, 0.3) is 0 Å². The van der Waals surface area contributed by atoms with Crippen molar-refractivity contribution in [3.05, 3.63) is 101 Å². The van der Waals surface area contributed by atoms with Gasteiger partial charge in [-0.05, 0) is 35.7 Å². The smallest absolute Gasteiger partial charge is 0.260 e. The molecule has 2 aromatic carbocycles. The molecule has 0 spiro atoms. The van der Waals surface area contributed by atoms with E-state index in [0.29, 0.717) is 30.8 Å². The SMILES string of the molecule is COc1cccc(COC2CN(CCc3ccccc3)C(=O)CN(C(=O)c3ccc[n+]([O-])c3)C2)c1. The number of pyridine rings is 1. The second-order valence-corrected chi connectivity index (χ2v) is 8.50. The van der Waals surface area contributed by atoms with Gasteiger partial charge in [0.1, 0.15) is 17.9 Å². The Morgan fingerprint density at radius 2 is 1.86 bits per heavy atom. The molecular weight excluding hydrogens is 446 g/mol. The molecule has 1 unspecified atom stereocenters. The quantitative estimate of drug-likeness (QED) is 0.369. The third-order valence-electron chi connectivity index (χ3n) is 5.97. The van der Waals surface area contributed by atoms with Crippen molar-refractivity contribution in [1.82, 2.24) is 9.80 Å². The van der Waals surface area contributed by atoms with Crippen LogP contribution in [0, 0.1) is 5.21 Å². The summed E-state index contributed by atoms with van der Waals surface area (Å²) in [4.78, 5) is 29.5. The first-order chi connectivity index (χ1) is 17.0. The predicted molar refractivity (Wildman–Crippen MR) is 130 cm³/mol. The fourth-order valence-electron chi connectivity index (χ4n) is 4.10. The third kappa shape index (κ3) is 6.58. The Morgan fingerprint density at radius 1 is 1.06 bits per heavy atom. The lowest BCUT2D eigenvalue weighted by Crippen LogP contribution is -2.41. The van der Waals surface area contributed by atoms with Crippen LogP contribution in [0.4, 0.5) is 0 Å². The topological polar surface area (TPSA) is 86.0 Å². The van der Waals surface area contributed by atoms with Crippen molar-refractivity contribution in [3.63, 3.8) is 0 Å². The summed E-state index contributed by atoms with van der Waals surface area (Å²) >= 11 is 0. The summed E-state index contributed by atoms with van der Waals surface area (Å²) in [6, 6.07) is 20.7. The van der Waals surface area contributed by atoms with Crippen LogP contribution in [-0.2, 0) is 22.6 Å². The van der Waals surface area contributed by atoms with Crippen molar-refractivity contribution in [1.29, 1.82) is 0 Å². The molecule has 1 fully saturated rings. The van der Waals surface area contributed by atoms with Gasteiger partial charge in [0.25, 0.3) is 5.91 Å². The fraction of sp³-hybridized carbons (Fsp3) is 0.296. The second kappa shape index (κ2) is 11.5. The number of hydrogen-bond donors (Lipinski definition) is 0. The molecule has 0 bridgehead atoms. The average Bonchev–Trinajstić information content (AvgIpc) is 3.04. The van der Waals surface area contributed by atoms with Crippen molar-refractivity contribution in [2.45, 2.75) is 19.1 Å². The fourth-order valence-corrected chi connectivity index (χ4v) is 4.10. The van der Waals surface area contributed by atoms with Crippen molar-refractivity contribution >= 4 is 11.8 Å². The highest BCUT2D eigenvalue weighted by atomic mass is 16.5. The van der Waals surface area contributed by atoms with E-state index in [-0.39, 0.29) is 30.5 Å². The molecule has 8 heteroatoms. The van der Waals surface area contributed by atoms with Gasteiger partial charge in [0.2, 0.25) is 5.91 Å².